The van der Waals surface area contributed by atoms with Crippen molar-refractivity contribution in [1.29, 1.82) is 0 Å². The number of imidazole rings is 2. The Morgan fingerprint density at radius 3 is 1.58 bits per heavy atom. The van der Waals surface area contributed by atoms with Crippen molar-refractivity contribution >= 4 is 60.6 Å². The number of nitrogens with one attached hydrogen (secondary N) is 3. The van der Waals surface area contributed by atoms with E-state index in [4.69, 9.17) is 24.4 Å². The molecule has 4 saturated heterocycles. The highest BCUT2D eigenvalue weighted by molar-refractivity contribution is 7.92. The van der Waals surface area contributed by atoms with Crippen LogP contribution in [0.4, 0.5) is 23.0 Å². The van der Waals surface area contributed by atoms with Gasteiger partial charge in [0.2, 0.25) is 20.0 Å². The average Bonchev–Trinajstić information content (AvgIpc) is 3.96. The number of rotatable bonds is 11. The number of sulfonamides is 2. The summed E-state index contributed by atoms with van der Waals surface area (Å²) >= 11 is 0. The maximum absolute atomic E-state index is 11.7. The van der Waals surface area contributed by atoms with E-state index in [-0.39, 0.29) is 0 Å². The molecular weight excluding hydrogens is 929 g/mol. The third kappa shape index (κ3) is 13.2. The Balaban J connectivity index is 0.000000165. The van der Waals surface area contributed by atoms with Crippen LogP contribution in [0.3, 0.4) is 0 Å². The van der Waals surface area contributed by atoms with Crippen molar-refractivity contribution in [2.24, 2.45) is 0 Å². The molecule has 10 heterocycles. The summed E-state index contributed by atoms with van der Waals surface area (Å²) < 4.78 is 66.2. The van der Waals surface area contributed by atoms with Gasteiger partial charge >= 0.3 is 0 Å². The summed E-state index contributed by atoms with van der Waals surface area (Å²) in [5.41, 5.74) is 5.85. The van der Waals surface area contributed by atoms with Crippen molar-refractivity contribution in [2.45, 2.75) is 6.54 Å². The second-order valence-corrected chi connectivity index (χ2v) is 20.8. The molecule has 0 amide bonds. The number of piperazine rings is 2. The number of hydrogen-bond acceptors (Lipinski definition) is 19. The van der Waals surface area contributed by atoms with E-state index in [1.807, 2.05) is 6.20 Å². The normalized spacial score (nSPS) is 17.7. The first-order chi connectivity index (χ1) is 33.2. The van der Waals surface area contributed by atoms with E-state index in [1.54, 1.807) is 35.1 Å². The highest BCUT2D eigenvalue weighted by Crippen LogP contribution is 2.30. The highest BCUT2D eigenvalue weighted by Gasteiger charge is 2.23. The maximum atomic E-state index is 11.7. The summed E-state index contributed by atoms with van der Waals surface area (Å²) in [6, 6.07) is 3.38. The van der Waals surface area contributed by atoms with Gasteiger partial charge in [-0.25, -0.2) is 36.8 Å². The molecule has 0 radical (unpaired) electrons. The summed E-state index contributed by atoms with van der Waals surface area (Å²) in [6.07, 6.45) is 16.3. The number of aromatic nitrogens is 8. The molecule has 0 aromatic carbocycles. The Hall–Kier alpha value is -5.93. The van der Waals surface area contributed by atoms with Crippen molar-refractivity contribution in [1.82, 2.24) is 58.7 Å². The second-order valence-electron chi connectivity index (χ2n) is 17.3. The van der Waals surface area contributed by atoms with Gasteiger partial charge in [-0.3, -0.25) is 37.9 Å². The lowest BCUT2D eigenvalue weighted by Crippen LogP contribution is -2.44. The zero-order valence-corrected chi connectivity index (χ0v) is 41.0. The topological polar surface area (TPSA) is 242 Å². The molecule has 4 fully saturated rings. The Morgan fingerprint density at radius 1 is 0.623 bits per heavy atom. The number of ether oxygens (including phenoxy) is 2. The molecule has 0 aliphatic carbocycles. The van der Waals surface area contributed by atoms with Crippen LogP contribution in [0.5, 0.6) is 0 Å². The van der Waals surface area contributed by atoms with Crippen LogP contribution in [0.25, 0.3) is 33.8 Å². The molecular formula is C44H60N16O7S2. The monoisotopic (exact) mass is 988 g/mol. The first kappa shape index (κ1) is 49.5. The number of likely N-dealkylation sites (N-methyl/N-ethyl adjacent to an activating group) is 2. The molecule has 0 saturated carbocycles. The minimum Gasteiger partial charge on any atom is -0.378 e. The Labute approximate surface area is 402 Å². The molecule has 0 bridgehead atoms. The Morgan fingerprint density at radius 2 is 1.10 bits per heavy atom. The number of fused-ring (bicyclic) bond motifs is 2. The fourth-order valence-corrected chi connectivity index (χ4v) is 9.27. The summed E-state index contributed by atoms with van der Waals surface area (Å²) in [7, 11) is -2.56. The number of morpholine rings is 2. The van der Waals surface area contributed by atoms with E-state index >= 15 is 0 Å². The summed E-state index contributed by atoms with van der Waals surface area (Å²) in [4.78, 5) is 49.9. The predicted molar refractivity (Wildman–Crippen MR) is 264 cm³/mol. The molecule has 6 aromatic rings. The molecule has 0 atom stereocenters. The van der Waals surface area contributed by atoms with Crippen LogP contribution in [0.15, 0.2) is 61.7 Å². The molecule has 4 aliphatic rings. The Kier molecular flexibility index (Phi) is 15.9. The van der Waals surface area contributed by atoms with Crippen molar-refractivity contribution in [3.8, 4) is 22.5 Å². The third-order valence-electron chi connectivity index (χ3n) is 11.8. The lowest BCUT2D eigenvalue weighted by molar-refractivity contribution is 0.111. The minimum absolute atomic E-state index is 0.318. The lowest BCUT2D eigenvalue weighted by atomic mass is 10.2. The number of carbonyl (C=O) groups is 1. The van der Waals surface area contributed by atoms with Gasteiger partial charge in [0.15, 0.2) is 17.6 Å². The molecule has 69 heavy (non-hydrogen) atoms. The van der Waals surface area contributed by atoms with Crippen LogP contribution in [0, 0.1) is 0 Å². The number of nitrogens with zero attached hydrogens (tertiary/aromatic N) is 13. The average molecular weight is 989 g/mol. The summed E-state index contributed by atoms with van der Waals surface area (Å²) in [5, 5.41) is 3.27. The maximum Gasteiger partial charge on any atom is 0.229 e. The molecule has 4 aliphatic heterocycles. The van der Waals surface area contributed by atoms with Gasteiger partial charge in [-0.05, 0) is 26.2 Å². The fourth-order valence-electron chi connectivity index (χ4n) is 8.19. The van der Waals surface area contributed by atoms with Gasteiger partial charge in [0, 0.05) is 109 Å². The highest BCUT2D eigenvalue weighted by atomic mass is 32.2. The van der Waals surface area contributed by atoms with Crippen LogP contribution in [0.1, 0.15) is 16.2 Å². The van der Waals surface area contributed by atoms with E-state index in [9.17, 15) is 21.6 Å². The van der Waals surface area contributed by atoms with Gasteiger partial charge < -0.3 is 34.4 Å². The number of anilines is 4. The quantitative estimate of drug-likeness (QED) is 0.154. The smallest absolute Gasteiger partial charge is 0.229 e. The van der Waals surface area contributed by atoms with Crippen molar-refractivity contribution in [3.63, 3.8) is 0 Å². The van der Waals surface area contributed by atoms with E-state index in [1.165, 1.54) is 31.7 Å². The second kappa shape index (κ2) is 22.2. The van der Waals surface area contributed by atoms with Crippen molar-refractivity contribution in [3.05, 3.63) is 73.1 Å². The minimum atomic E-state index is -3.44. The fraction of sp³-hybridized carbons (Fsp3) is 0.477. The largest absolute Gasteiger partial charge is 0.378 e. The zero-order valence-electron chi connectivity index (χ0n) is 39.4. The predicted octanol–water partition coefficient (Wildman–Crippen LogP) is 1.08. The molecule has 6 aromatic heterocycles. The van der Waals surface area contributed by atoms with Gasteiger partial charge in [-0.15, -0.1) is 0 Å². The zero-order chi connectivity index (χ0) is 48.5. The number of carbonyl (C=O) groups excluding carboxylic acids is 1. The van der Waals surface area contributed by atoms with Gasteiger partial charge in [0.05, 0.1) is 93.2 Å². The molecule has 10 rings (SSSR count). The SMILES string of the molecule is CN1CCN(Cc2cnc3c(-c4cncc(NS(C)(=O)=O)c4)nc(N4CCOCC4)cn23)CC1.CN1CCNCC1.CS(=O)(=O)Nc1cncc(-c2nc(N3CCOCC3)cn3c(C=O)cnc23)c1. The first-order valence-corrected chi connectivity index (χ1v) is 26.5. The molecule has 23 nitrogen and oxygen atoms in total. The van der Waals surface area contributed by atoms with Gasteiger partial charge in [0.25, 0.3) is 0 Å². The van der Waals surface area contributed by atoms with E-state index < -0.39 is 20.0 Å². The van der Waals surface area contributed by atoms with E-state index in [0.29, 0.717) is 90.6 Å². The van der Waals surface area contributed by atoms with Crippen LogP contribution in [-0.4, -0.2) is 208 Å². The molecule has 0 unspecified atom stereocenters. The first-order valence-electron chi connectivity index (χ1n) is 22.7. The molecule has 25 heteroatoms. The van der Waals surface area contributed by atoms with Crippen LogP contribution in [-0.2, 0) is 36.1 Å². The van der Waals surface area contributed by atoms with Crippen molar-refractivity contribution in [2.75, 3.05) is 151 Å². The van der Waals surface area contributed by atoms with Gasteiger partial charge in [0.1, 0.15) is 28.7 Å². The molecule has 370 valence electrons. The van der Waals surface area contributed by atoms with E-state index in [0.717, 1.165) is 94.9 Å². The molecule has 0 spiro atoms. The summed E-state index contributed by atoms with van der Waals surface area (Å²) in [5.74, 6) is 1.51. The van der Waals surface area contributed by atoms with Gasteiger partial charge in [-0.2, -0.15) is 0 Å². The van der Waals surface area contributed by atoms with Gasteiger partial charge in [-0.1, -0.05) is 0 Å². The third-order valence-corrected chi connectivity index (χ3v) is 13.0. The van der Waals surface area contributed by atoms with Crippen LogP contribution in [0.2, 0.25) is 0 Å². The van der Waals surface area contributed by atoms with Crippen LogP contribution < -0.4 is 24.6 Å². The number of hydrogen-bond donors (Lipinski definition) is 3. The lowest BCUT2D eigenvalue weighted by Gasteiger charge is -2.32. The van der Waals surface area contributed by atoms with Crippen molar-refractivity contribution < 1.29 is 31.1 Å². The molecule has 3 N–H and O–H groups in total. The Bertz CT molecular complexity index is 2930. The number of aldehydes is 1. The number of pyridine rings is 2. The summed E-state index contributed by atoms with van der Waals surface area (Å²) in [6.45, 7) is 15.0. The standard InChI is InChI=1S/C22H30N8O3S.C17H18N6O4S.C5H12N2/c1-27-3-5-28(6-4-27)15-19-14-24-22-21(17-11-18(13-23-12-17)26-34(2,31)32)25-20(16-30(19)22)29-7-9-33-10-8-29;1-28(25,26)21-13-6-12(7-18-8-13)16-17-19-9-14(11-24)23(17)10-15(20-16)22-2-4-27-5-3-22;1-7-4-2-6-3-5-7/h11-14,16,26H,3-10,15H2,1-2H3;6-11,21H,2-5H2,1H3;6H,2-5H2,1H3. The van der Waals surface area contributed by atoms with Crippen LogP contribution >= 0.6 is 0 Å². The van der Waals surface area contributed by atoms with E-state index in [2.05, 4.69) is 78.9 Å².